The highest BCUT2D eigenvalue weighted by molar-refractivity contribution is 7.15. The van der Waals surface area contributed by atoms with Crippen molar-refractivity contribution in [2.45, 2.75) is 19.7 Å². The van der Waals surface area contributed by atoms with Crippen molar-refractivity contribution < 1.29 is 4.74 Å². The number of thiazole rings is 1. The molecule has 90 valence electrons. The molecule has 0 saturated heterocycles. The van der Waals surface area contributed by atoms with Gasteiger partial charge in [0.2, 0.25) is 0 Å². The number of halogens is 1. The minimum Gasteiger partial charge on any atom is -0.494 e. The minimum absolute atomic E-state index is 0.528. The lowest BCUT2D eigenvalue weighted by atomic mass is 10.2. The smallest absolute Gasteiger partial charge is 0.123 e. The maximum absolute atomic E-state index is 5.85. The topological polar surface area (TPSA) is 22.1 Å². The van der Waals surface area contributed by atoms with Gasteiger partial charge in [0, 0.05) is 10.4 Å². The quantitative estimate of drug-likeness (QED) is 0.773. The van der Waals surface area contributed by atoms with E-state index in [1.807, 2.05) is 38.1 Å². The molecule has 0 saturated carbocycles. The molecule has 0 fully saturated rings. The molecule has 0 aliphatic heterocycles. The van der Waals surface area contributed by atoms with Crippen LogP contribution in [0.3, 0.4) is 0 Å². The monoisotopic (exact) mass is 267 g/mol. The summed E-state index contributed by atoms with van der Waals surface area (Å²) in [6, 6.07) is 7.99. The van der Waals surface area contributed by atoms with Crippen molar-refractivity contribution in [1.29, 1.82) is 0 Å². The van der Waals surface area contributed by atoms with Crippen molar-refractivity contribution in [3.05, 3.63) is 34.8 Å². The average molecular weight is 268 g/mol. The van der Waals surface area contributed by atoms with Crippen molar-refractivity contribution in [3.63, 3.8) is 0 Å². The molecule has 2 nitrogen and oxygen atoms in total. The fourth-order valence-electron chi connectivity index (χ4n) is 1.54. The number of benzene rings is 1. The normalized spacial score (nSPS) is 10.5. The first-order valence-electron chi connectivity index (χ1n) is 5.50. The van der Waals surface area contributed by atoms with Crippen molar-refractivity contribution in [1.82, 2.24) is 4.98 Å². The lowest BCUT2D eigenvalue weighted by Gasteiger charge is -2.02. The van der Waals surface area contributed by atoms with Crippen LogP contribution in [0, 0.1) is 6.92 Å². The summed E-state index contributed by atoms with van der Waals surface area (Å²) in [5, 5.41) is 1.01. The zero-order valence-electron chi connectivity index (χ0n) is 9.87. The highest BCUT2D eigenvalue weighted by atomic mass is 35.5. The zero-order valence-corrected chi connectivity index (χ0v) is 11.4. The van der Waals surface area contributed by atoms with Gasteiger partial charge in [0.05, 0.1) is 18.2 Å². The molecule has 2 rings (SSSR count). The number of alkyl halides is 1. The second kappa shape index (κ2) is 5.52. The average Bonchev–Trinajstić information content (AvgIpc) is 2.72. The van der Waals surface area contributed by atoms with Crippen molar-refractivity contribution >= 4 is 22.9 Å². The highest BCUT2D eigenvalue weighted by Gasteiger charge is 2.08. The van der Waals surface area contributed by atoms with Gasteiger partial charge in [-0.1, -0.05) is 0 Å². The van der Waals surface area contributed by atoms with Gasteiger partial charge in [-0.15, -0.1) is 22.9 Å². The molecule has 1 heterocycles. The highest BCUT2D eigenvalue weighted by Crippen LogP contribution is 2.29. The molecule has 1 aromatic heterocycles. The van der Waals surface area contributed by atoms with E-state index >= 15 is 0 Å². The summed E-state index contributed by atoms with van der Waals surface area (Å²) in [5.74, 6) is 1.42. The summed E-state index contributed by atoms with van der Waals surface area (Å²) < 4.78 is 5.41. The zero-order chi connectivity index (χ0) is 12.3. The molecule has 0 spiro atoms. The van der Waals surface area contributed by atoms with Gasteiger partial charge in [0.1, 0.15) is 10.8 Å². The van der Waals surface area contributed by atoms with Crippen molar-refractivity contribution in [2.75, 3.05) is 6.61 Å². The molecule has 1 aromatic carbocycles. The molecule has 0 aliphatic rings. The van der Waals surface area contributed by atoms with Gasteiger partial charge < -0.3 is 4.74 Å². The Morgan fingerprint density at radius 1 is 1.29 bits per heavy atom. The Hall–Kier alpha value is -1.06. The van der Waals surface area contributed by atoms with Crippen LogP contribution in [-0.4, -0.2) is 11.6 Å². The van der Waals surface area contributed by atoms with E-state index in [0.29, 0.717) is 12.5 Å². The summed E-state index contributed by atoms with van der Waals surface area (Å²) in [5.41, 5.74) is 2.13. The summed E-state index contributed by atoms with van der Waals surface area (Å²) in [6.45, 7) is 4.66. The van der Waals surface area contributed by atoms with E-state index in [1.54, 1.807) is 11.3 Å². The second-order valence-electron chi connectivity index (χ2n) is 3.62. The Labute approximate surface area is 110 Å². The summed E-state index contributed by atoms with van der Waals surface area (Å²) in [4.78, 5) is 5.66. The maximum atomic E-state index is 5.85. The predicted octanol–water partition coefficient (Wildman–Crippen LogP) is 4.26. The molecule has 0 atom stereocenters. The van der Waals surface area contributed by atoms with Crippen LogP contribution >= 0.6 is 22.9 Å². The van der Waals surface area contributed by atoms with Gasteiger partial charge in [0.25, 0.3) is 0 Å². The van der Waals surface area contributed by atoms with Crippen LogP contribution in [0.15, 0.2) is 24.3 Å². The van der Waals surface area contributed by atoms with Gasteiger partial charge in [0.15, 0.2) is 0 Å². The van der Waals surface area contributed by atoms with Crippen LogP contribution in [0.2, 0.25) is 0 Å². The Kier molecular flexibility index (Phi) is 4.02. The van der Waals surface area contributed by atoms with Gasteiger partial charge in [-0.2, -0.15) is 0 Å². The van der Waals surface area contributed by atoms with E-state index in [0.717, 1.165) is 26.9 Å². The van der Waals surface area contributed by atoms with Crippen LogP contribution < -0.4 is 4.74 Å². The van der Waals surface area contributed by atoms with Gasteiger partial charge in [-0.3, -0.25) is 0 Å². The van der Waals surface area contributed by atoms with Gasteiger partial charge >= 0.3 is 0 Å². The van der Waals surface area contributed by atoms with E-state index in [4.69, 9.17) is 16.3 Å². The first-order valence-corrected chi connectivity index (χ1v) is 6.85. The van der Waals surface area contributed by atoms with Crippen LogP contribution in [0.5, 0.6) is 5.75 Å². The van der Waals surface area contributed by atoms with Crippen LogP contribution in [0.4, 0.5) is 0 Å². The number of ether oxygens (including phenoxy) is 1. The van der Waals surface area contributed by atoms with E-state index in [-0.39, 0.29) is 0 Å². The SMILES string of the molecule is CCOc1ccc(-c2nc(C)c(CCl)s2)cc1. The summed E-state index contributed by atoms with van der Waals surface area (Å²) in [6.07, 6.45) is 0. The minimum atomic E-state index is 0.528. The number of hydrogen-bond acceptors (Lipinski definition) is 3. The van der Waals surface area contributed by atoms with Crippen LogP contribution in [-0.2, 0) is 5.88 Å². The number of aryl methyl sites for hydroxylation is 1. The number of rotatable bonds is 4. The third-order valence-electron chi connectivity index (χ3n) is 2.43. The summed E-state index contributed by atoms with van der Waals surface area (Å²) in [7, 11) is 0. The number of nitrogens with zero attached hydrogens (tertiary/aromatic N) is 1. The largest absolute Gasteiger partial charge is 0.494 e. The Morgan fingerprint density at radius 2 is 2.00 bits per heavy atom. The molecule has 17 heavy (non-hydrogen) atoms. The van der Waals surface area contributed by atoms with Crippen LogP contribution in [0.25, 0.3) is 10.6 Å². The van der Waals surface area contributed by atoms with E-state index in [1.165, 1.54) is 0 Å². The van der Waals surface area contributed by atoms with Gasteiger partial charge in [-0.25, -0.2) is 4.98 Å². The molecule has 0 bridgehead atoms. The van der Waals surface area contributed by atoms with Crippen LogP contribution in [0.1, 0.15) is 17.5 Å². The number of hydrogen-bond donors (Lipinski definition) is 0. The second-order valence-corrected chi connectivity index (χ2v) is 4.97. The fourth-order valence-corrected chi connectivity index (χ4v) is 2.81. The number of aromatic nitrogens is 1. The molecule has 4 heteroatoms. The first-order chi connectivity index (χ1) is 8.24. The Balaban J connectivity index is 2.26. The molecule has 0 aliphatic carbocycles. The van der Waals surface area contributed by atoms with Crippen molar-refractivity contribution in [3.8, 4) is 16.3 Å². The molecule has 0 amide bonds. The first kappa shape index (κ1) is 12.4. The standard InChI is InChI=1S/C13H14ClNOS/c1-3-16-11-6-4-10(5-7-11)13-15-9(2)12(8-14)17-13/h4-7H,3,8H2,1-2H3. The Bertz CT molecular complexity index is 493. The van der Waals surface area contributed by atoms with E-state index < -0.39 is 0 Å². The van der Waals surface area contributed by atoms with E-state index in [9.17, 15) is 0 Å². The third kappa shape index (κ3) is 2.79. The fraction of sp³-hybridized carbons (Fsp3) is 0.308. The maximum Gasteiger partial charge on any atom is 0.123 e. The lowest BCUT2D eigenvalue weighted by molar-refractivity contribution is 0.340. The molecule has 0 radical (unpaired) electrons. The predicted molar refractivity (Wildman–Crippen MR) is 73.0 cm³/mol. The van der Waals surface area contributed by atoms with E-state index in [2.05, 4.69) is 4.98 Å². The third-order valence-corrected chi connectivity index (χ3v) is 4.06. The molecular formula is C13H14ClNOS. The molecule has 0 unspecified atom stereocenters. The van der Waals surface area contributed by atoms with Crippen molar-refractivity contribution in [2.24, 2.45) is 0 Å². The van der Waals surface area contributed by atoms with Gasteiger partial charge in [-0.05, 0) is 38.1 Å². The Morgan fingerprint density at radius 3 is 2.53 bits per heavy atom. The summed E-state index contributed by atoms with van der Waals surface area (Å²) >= 11 is 7.50. The molecule has 0 N–H and O–H groups in total. The lowest BCUT2D eigenvalue weighted by Crippen LogP contribution is -1.90. The molecule has 2 aromatic rings. The molecular weight excluding hydrogens is 254 g/mol.